The summed E-state index contributed by atoms with van der Waals surface area (Å²) < 4.78 is 5.34. The fourth-order valence-electron chi connectivity index (χ4n) is 2.01. The fraction of sp³-hybridized carbons (Fsp3) is 0.333. The van der Waals surface area contributed by atoms with Crippen LogP contribution in [-0.4, -0.2) is 22.9 Å². The van der Waals surface area contributed by atoms with Crippen molar-refractivity contribution in [2.75, 3.05) is 12.8 Å². The summed E-state index contributed by atoms with van der Waals surface area (Å²) in [7, 11) is 1.87. The average Bonchev–Trinajstić information content (AvgIpc) is 2.95. The van der Waals surface area contributed by atoms with E-state index in [1.54, 1.807) is 0 Å². The van der Waals surface area contributed by atoms with Crippen LogP contribution in [0.2, 0.25) is 0 Å². The topological polar surface area (TPSA) is 51.0 Å². The van der Waals surface area contributed by atoms with E-state index in [4.69, 9.17) is 4.52 Å². The van der Waals surface area contributed by atoms with Crippen molar-refractivity contribution in [3.8, 4) is 0 Å². The highest BCUT2D eigenvalue weighted by molar-refractivity contribution is 7.99. The van der Waals surface area contributed by atoms with Gasteiger partial charge in [0.25, 0.3) is 0 Å². The third-order valence-corrected chi connectivity index (χ3v) is 4.00. The molecule has 0 aliphatic carbocycles. The smallest absolute Gasteiger partial charge is 0.235 e. The van der Waals surface area contributed by atoms with Crippen LogP contribution < -0.4 is 5.32 Å². The molecule has 1 atom stereocenters. The van der Waals surface area contributed by atoms with Gasteiger partial charge in [-0.3, -0.25) is 0 Å². The van der Waals surface area contributed by atoms with Gasteiger partial charge in [0.2, 0.25) is 5.89 Å². The maximum Gasteiger partial charge on any atom is 0.235 e. The first-order valence-electron chi connectivity index (χ1n) is 5.57. The second-order valence-electron chi connectivity index (χ2n) is 3.98. The van der Waals surface area contributed by atoms with Gasteiger partial charge in [-0.2, -0.15) is 4.98 Å². The Morgan fingerprint density at radius 2 is 2.35 bits per heavy atom. The predicted octanol–water partition coefficient (Wildman–Crippen LogP) is 2.03. The van der Waals surface area contributed by atoms with Gasteiger partial charge < -0.3 is 9.84 Å². The molecule has 88 valence electrons. The second-order valence-corrected chi connectivity index (χ2v) is 5.04. The highest BCUT2D eigenvalue weighted by atomic mass is 32.2. The zero-order valence-electron chi connectivity index (χ0n) is 9.51. The molecule has 0 fully saturated rings. The van der Waals surface area contributed by atoms with Gasteiger partial charge in [0, 0.05) is 10.6 Å². The molecule has 3 rings (SSSR count). The van der Waals surface area contributed by atoms with Crippen molar-refractivity contribution in [3.05, 3.63) is 41.5 Å². The van der Waals surface area contributed by atoms with E-state index in [0.29, 0.717) is 6.54 Å². The Bertz CT molecular complexity index is 526. The summed E-state index contributed by atoms with van der Waals surface area (Å²) >= 11 is 1.85. The van der Waals surface area contributed by atoms with Crippen molar-refractivity contribution in [2.45, 2.75) is 17.4 Å². The van der Waals surface area contributed by atoms with Gasteiger partial charge in [-0.25, -0.2) is 0 Å². The normalized spacial score (nSPS) is 18.3. The third-order valence-electron chi connectivity index (χ3n) is 2.82. The van der Waals surface area contributed by atoms with E-state index in [1.165, 1.54) is 10.5 Å². The molecule has 0 saturated carbocycles. The second kappa shape index (κ2) is 4.50. The summed E-state index contributed by atoms with van der Waals surface area (Å²) in [6.07, 6.45) is 0. The Kier molecular flexibility index (Phi) is 2.86. The van der Waals surface area contributed by atoms with Crippen molar-refractivity contribution in [1.29, 1.82) is 0 Å². The van der Waals surface area contributed by atoms with E-state index in [9.17, 15) is 0 Å². The minimum absolute atomic E-state index is 0.245. The van der Waals surface area contributed by atoms with Crippen molar-refractivity contribution in [3.63, 3.8) is 0 Å². The molecule has 1 unspecified atom stereocenters. The lowest BCUT2D eigenvalue weighted by Crippen LogP contribution is -2.07. The molecule has 0 spiro atoms. The van der Waals surface area contributed by atoms with Crippen molar-refractivity contribution in [1.82, 2.24) is 15.5 Å². The number of fused-ring (bicyclic) bond motifs is 1. The molecule has 1 N–H and O–H groups in total. The van der Waals surface area contributed by atoms with Crippen molar-refractivity contribution < 1.29 is 4.52 Å². The molecule has 17 heavy (non-hydrogen) atoms. The number of rotatable bonds is 3. The van der Waals surface area contributed by atoms with Crippen LogP contribution >= 0.6 is 11.8 Å². The molecule has 5 heteroatoms. The summed E-state index contributed by atoms with van der Waals surface area (Å²) in [4.78, 5) is 5.75. The molecule has 1 aromatic carbocycles. The summed E-state index contributed by atoms with van der Waals surface area (Å²) in [6, 6.07) is 8.41. The van der Waals surface area contributed by atoms with Crippen LogP contribution in [-0.2, 0) is 6.54 Å². The van der Waals surface area contributed by atoms with Crippen LogP contribution in [0.15, 0.2) is 33.7 Å². The molecule has 1 aliphatic heterocycles. The van der Waals surface area contributed by atoms with E-state index in [-0.39, 0.29) is 5.92 Å². The van der Waals surface area contributed by atoms with Gasteiger partial charge in [-0.05, 0) is 18.7 Å². The van der Waals surface area contributed by atoms with Crippen molar-refractivity contribution >= 4 is 11.8 Å². The fourth-order valence-corrected chi connectivity index (χ4v) is 3.23. The minimum Gasteiger partial charge on any atom is -0.339 e. The lowest BCUT2D eigenvalue weighted by Gasteiger charge is -2.03. The number of hydrogen-bond acceptors (Lipinski definition) is 5. The molecule has 4 nitrogen and oxygen atoms in total. The van der Waals surface area contributed by atoms with Crippen LogP contribution in [0.4, 0.5) is 0 Å². The van der Waals surface area contributed by atoms with Gasteiger partial charge in [0.1, 0.15) is 0 Å². The van der Waals surface area contributed by atoms with Crippen LogP contribution in [0.1, 0.15) is 23.2 Å². The standard InChI is InChI=1S/C12H13N3OS/c1-13-6-11-14-12(16-15-11)9-7-17-10-5-3-2-4-8(9)10/h2-5,9,13H,6-7H2,1H3. The van der Waals surface area contributed by atoms with Crippen LogP contribution in [0.3, 0.4) is 0 Å². The Balaban J connectivity index is 1.90. The lowest BCUT2D eigenvalue weighted by atomic mass is 10.0. The summed E-state index contributed by atoms with van der Waals surface area (Å²) in [5.41, 5.74) is 1.30. The minimum atomic E-state index is 0.245. The first-order chi connectivity index (χ1) is 8.38. The lowest BCUT2D eigenvalue weighted by molar-refractivity contribution is 0.366. The molecule has 0 radical (unpaired) electrons. The number of nitrogens with one attached hydrogen (secondary N) is 1. The zero-order valence-corrected chi connectivity index (χ0v) is 10.3. The molecule has 0 amide bonds. The number of aromatic nitrogens is 2. The largest absolute Gasteiger partial charge is 0.339 e. The van der Waals surface area contributed by atoms with Gasteiger partial charge >= 0.3 is 0 Å². The molecule has 0 bridgehead atoms. The molecule has 1 aliphatic rings. The summed E-state index contributed by atoms with van der Waals surface area (Å²) in [5, 5.41) is 6.98. The molecule has 2 heterocycles. The molecule has 2 aromatic rings. The zero-order chi connectivity index (χ0) is 11.7. The van der Waals surface area contributed by atoms with E-state index in [1.807, 2.05) is 18.8 Å². The monoisotopic (exact) mass is 247 g/mol. The Hall–Kier alpha value is -1.33. The maximum absolute atomic E-state index is 5.34. The average molecular weight is 247 g/mol. The van der Waals surface area contributed by atoms with Crippen LogP contribution in [0.25, 0.3) is 0 Å². The Labute approximate surface area is 104 Å². The molecular weight excluding hydrogens is 234 g/mol. The van der Waals surface area contributed by atoms with Gasteiger partial charge in [0.15, 0.2) is 5.82 Å². The first-order valence-corrected chi connectivity index (χ1v) is 6.56. The van der Waals surface area contributed by atoms with Gasteiger partial charge in [0.05, 0.1) is 12.5 Å². The Morgan fingerprint density at radius 3 is 3.24 bits per heavy atom. The number of nitrogens with zero attached hydrogens (tertiary/aromatic N) is 2. The maximum atomic E-state index is 5.34. The van der Waals surface area contributed by atoms with E-state index >= 15 is 0 Å². The highest BCUT2D eigenvalue weighted by Crippen LogP contribution is 2.42. The summed E-state index contributed by atoms with van der Waals surface area (Å²) in [6.45, 7) is 0.644. The van der Waals surface area contributed by atoms with Crippen LogP contribution in [0.5, 0.6) is 0 Å². The van der Waals surface area contributed by atoms with E-state index in [2.05, 4.69) is 39.7 Å². The third kappa shape index (κ3) is 1.96. The quantitative estimate of drug-likeness (QED) is 0.899. The van der Waals surface area contributed by atoms with E-state index in [0.717, 1.165) is 17.5 Å². The molecule has 0 saturated heterocycles. The summed E-state index contributed by atoms with van der Waals surface area (Å²) in [5.74, 6) is 2.68. The molecular formula is C12H13N3OS. The van der Waals surface area contributed by atoms with Crippen LogP contribution in [0, 0.1) is 0 Å². The van der Waals surface area contributed by atoms with E-state index < -0.39 is 0 Å². The van der Waals surface area contributed by atoms with Crippen molar-refractivity contribution in [2.24, 2.45) is 0 Å². The highest BCUT2D eigenvalue weighted by Gasteiger charge is 2.28. The predicted molar refractivity (Wildman–Crippen MR) is 66.1 cm³/mol. The van der Waals surface area contributed by atoms with Gasteiger partial charge in [-0.1, -0.05) is 23.4 Å². The van der Waals surface area contributed by atoms with Gasteiger partial charge in [-0.15, -0.1) is 11.8 Å². The SMILES string of the molecule is CNCc1noc(C2CSc3ccccc32)n1. The molecule has 1 aromatic heterocycles. The number of thioether (sulfide) groups is 1. The Morgan fingerprint density at radius 1 is 1.47 bits per heavy atom. The number of benzene rings is 1. The first kappa shape index (κ1) is 10.8. The number of hydrogen-bond donors (Lipinski definition) is 1.